The summed E-state index contributed by atoms with van der Waals surface area (Å²) < 4.78 is 0. The fraction of sp³-hybridized carbons (Fsp3) is 1.00. The Morgan fingerprint density at radius 3 is 1.71 bits per heavy atom. The quantitative estimate of drug-likeness (QED) is 0.668. The van der Waals surface area contributed by atoms with E-state index in [4.69, 9.17) is 0 Å². The van der Waals surface area contributed by atoms with E-state index in [0.717, 1.165) is 11.8 Å². The average Bonchev–Trinajstić information content (AvgIpc) is 2.18. The van der Waals surface area contributed by atoms with Gasteiger partial charge in [-0.25, -0.2) is 0 Å². The summed E-state index contributed by atoms with van der Waals surface area (Å²) in [6, 6.07) is 0. The molecule has 0 saturated carbocycles. The van der Waals surface area contributed by atoms with E-state index in [1.54, 1.807) is 0 Å². The Morgan fingerprint density at radius 2 is 1.07 bits per heavy atom. The Bertz CT molecular complexity index is 144. The molecule has 0 unspecified atom stereocenters. The zero-order valence-corrected chi connectivity index (χ0v) is 9.23. The van der Waals surface area contributed by atoms with Crippen molar-refractivity contribution >= 4 is 0 Å². The molecular formula is C12H24N2. The maximum absolute atomic E-state index is 3.50. The summed E-state index contributed by atoms with van der Waals surface area (Å²) in [5.41, 5.74) is 0. The fourth-order valence-electron chi connectivity index (χ4n) is 3.03. The molecule has 2 fully saturated rings. The van der Waals surface area contributed by atoms with Gasteiger partial charge in [-0.1, -0.05) is 0 Å². The van der Waals surface area contributed by atoms with E-state index in [1.165, 1.54) is 64.7 Å². The first-order valence-electron chi connectivity index (χ1n) is 6.38. The van der Waals surface area contributed by atoms with Crippen molar-refractivity contribution in [2.24, 2.45) is 11.8 Å². The van der Waals surface area contributed by atoms with E-state index in [9.17, 15) is 0 Å². The SMILES string of the molecule is C1CNCCCC(C2CCNCC2)C1. The van der Waals surface area contributed by atoms with Crippen molar-refractivity contribution < 1.29 is 0 Å². The van der Waals surface area contributed by atoms with Gasteiger partial charge in [-0.05, 0) is 76.5 Å². The van der Waals surface area contributed by atoms with Gasteiger partial charge >= 0.3 is 0 Å². The average molecular weight is 196 g/mol. The second kappa shape index (κ2) is 5.72. The third kappa shape index (κ3) is 2.96. The lowest BCUT2D eigenvalue weighted by atomic mass is 9.79. The smallest absolute Gasteiger partial charge is 0.00462 e. The maximum atomic E-state index is 3.50. The van der Waals surface area contributed by atoms with Crippen LogP contribution in [0.3, 0.4) is 0 Å². The van der Waals surface area contributed by atoms with Gasteiger partial charge in [0.15, 0.2) is 0 Å². The monoisotopic (exact) mass is 196 g/mol. The first-order chi connectivity index (χ1) is 6.97. The summed E-state index contributed by atoms with van der Waals surface area (Å²) in [6.07, 6.45) is 8.59. The molecule has 0 amide bonds. The molecule has 0 bridgehead atoms. The van der Waals surface area contributed by atoms with Gasteiger partial charge in [-0.2, -0.15) is 0 Å². The minimum absolute atomic E-state index is 1.04. The van der Waals surface area contributed by atoms with Crippen LogP contribution >= 0.6 is 0 Å². The predicted octanol–water partition coefficient (Wildman–Crippen LogP) is 1.77. The van der Waals surface area contributed by atoms with Gasteiger partial charge in [0.25, 0.3) is 0 Å². The fourth-order valence-corrected chi connectivity index (χ4v) is 3.03. The van der Waals surface area contributed by atoms with Gasteiger partial charge in [0.2, 0.25) is 0 Å². The molecule has 0 spiro atoms. The molecule has 2 aliphatic rings. The predicted molar refractivity (Wildman–Crippen MR) is 60.4 cm³/mol. The molecule has 0 aromatic heterocycles. The highest BCUT2D eigenvalue weighted by Gasteiger charge is 2.23. The molecule has 0 aromatic carbocycles. The molecule has 2 aliphatic heterocycles. The number of hydrogen-bond acceptors (Lipinski definition) is 2. The van der Waals surface area contributed by atoms with Crippen LogP contribution in [0.15, 0.2) is 0 Å². The van der Waals surface area contributed by atoms with Crippen molar-refractivity contribution in [1.29, 1.82) is 0 Å². The van der Waals surface area contributed by atoms with Crippen molar-refractivity contribution in [3.63, 3.8) is 0 Å². The number of piperidine rings is 1. The normalized spacial score (nSPS) is 28.3. The van der Waals surface area contributed by atoms with Crippen LogP contribution in [0.1, 0.15) is 38.5 Å². The molecule has 2 N–H and O–H groups in total. The lowest BCUT2D eigenvalue weighted by molar-refractivity contribution is 0.219. The minimum Gasteiger partial charge on any atom is -0.317 e. The van der Waals surface area contributed by atoms with Crippen LogP contribution < -0.4 is 10.6 Å². The second-order valence-electron chi connectivity index (χ2n) is 4.88. The van der Waals surface area contributed by atoms with E-state index in [-0.39, 0.29) is 0 Å². The van der Waals surface area contributed by atoms with Gasteiger partial charge < -0.3 is 10.6 Å². The molecule has 82 valence electrons. The molecule has 2 heterocycles. The van der Waals surface area contributed by atoms with Crippen molar-refractivity contribution in [2.45, 2.75) is 38.5 Å². The van der Waals surface area contributed by atoms with Crippen LogP contribution in [-0.2, 0) is 0 Å². The highest BCUT2D eigenvalue weighted by atomic mass is 14.9. The first-order valence-corrected chi connectivity index (χ1v) is 6.38. The summed E-state index contributed by atoms with van der Waals surface area (Å²) in [6.45, 7) is 5.03. The van der Waals surface area contributed by atoms with E-state index in [0.29, 0.717) is 0 Å². The van der Waals surface area contributed by atoms with Crippen LogP contribution in [0.25, 0.3) is 0 Å². The highest BCUT2D eigenvalue weighted by molar-refractivity contribution is 4.77. The molecule has 0 radical (unpaired) electrons. The minimum atomic E-state index is 1.04. The Morgan fingerprint density at radius 1 is 0.571 bits per heavy atom. The van der Waals surface area contributed by atoms with E-state index < -0.39 is 0 Å². The molecule has 2 rings (SSSR count). The Hall–Kier alpha value is -0.0800. The van der Waals surface area contributed by atoms with E-state index in [2.05, 4.69) is 10.6 Å². The van der Waals surface area contributed by atoms with Gasteiger partial charge in [-0.3, -0.25) is 0 Å². The Balaban J connectivity index is 1.80. The van der Waals surface area contributed by atoms with Crippen LogP contribution in [0.2, 0.25) is 0 Å². The van der Waals surface area contributed by atoms with Crippen LogP contribution in [0.5, 0.6) is 0 Å². The summed E-state index contributed by atoms with van der Waals surface area (Å²) in [7, 11) is 0. The maximum Gasteiger partial charge on any atom is -0.00462 e. The number of rotatable bonds is 1. The Kier molecular flexibility index (Phi) is 4.26. The number of hydrogen-bond donors (Lipinski definition) is 2. The van der Waals surface area contributed by atoms with Gasteiger partial charge in [0, 0.05) is 0 Å². The summed E-state index contributed by atoms with van der Waals surface area (Å²) in [5, 5.41) is 6.97. The third-order valence-electron chi connectivity index (χ3n) is 3.91. The lowest BCUT2D eigenvalue weighted by Crippen LogP contribution is -2.33. The molecule has 0 aliphatic carbocycles. The third-order valence-corrected chi connectivity index (χ3v) is 3.91. The highest BCUT2D eigenvalue weighted by Crippen LogP contribution is 2.29. The topological polar surface area (TPSA) is 24.1 Å². The molecule has 0 aromatic rings. The standard InChI is InChI=1S/C12H24N2/c1-3-11(4-2-8-13-7-1)12-5-9-14-10-6-12/h11-14H,1-10H2. The second-order valence-corrected chi connectivity index (χ2v) is 4.88. The summed E-state index contributed by atoms with van der Waals surface area (Å²) in [5.74, 6) is 2.08. The molecule has 2 heteroatoms. The first kappa shape index (κ1) is 10.4. The molecule has 0 atom stereocenters. The van der Waals surface area contributed by atoms with Crippen molar-refractivity contribution in [3.05, 3.63) is 0 Å². The number of nitrogens with one attached hydrogen (secondary N) is 2. The van der Waals surface area contributed by atoms with Crippen molar-refractivity contribution in [2.75, 3.05) is 26.2 Å². The van der Waals surface area contributed by atoms with Crippen LogP contribution in [-0.4, -0.2) is 26.2 Å². The van der Waals surface area contributed by atoms with Crippen LogP contribution in [0.4, 0.5) is 0 Å². The lowest BCUT2D eigenvalue weighted by Gasteiger charge is -2.32. The molecular weight excluding hydrogens is 172 g/mol. The summed E-state index contributed by atoms with van der Waals surface area (Å²) in [4.78, 5) is 0. The van der Waals surface area contributed by atoms with Gasteiger partial charge in [0.05, 0.1) is 0 Å². The summed E-state index contributed by atoms with van der Waals surface area (Å²) >= 11 is 0. The molecule has 2 saturated heterocycles. The van der Waals surface area contributed by atoms with Crippen molar-refractivity contribution in [3.8, 4) is 0 Å². The van der Waals surface area contributed by atoms with E-state index in [1.807, 2.05) is 0 Å². The molecule has 2 nitrogen and oxygen atoms in total. The zero-order valence-electron chi connectivity index (χ0n) is 9.23. The van der Waals surface area contributed by atoms with Crippen LogP contribution in [0, 0.1) is 11.8 Å². The van der Waals surface area contributed by atoms with Gasteiger partial charge in [-0.15, -0.1) is 0 Å². The molecule has 14 heavy (non-hydrogen) atoms. The van der Waals surface area contributed by atoms with Gasteiger partial charge in [0.1, 0.15) is 0 Å². The zero-order chi connectivity index (χ0) is 9.64. The Labute approximate surface area is 87.8 Å². The van der Waals surface area contributed by atoms with Crippen molar-refractivity contribution in [1.82, 2.24) is 10.6 Å². The van der Waals surface area contributed by atoms with E-state index >= 15 is 0 Å². The largest absolute Gasteiger partial charge is 0.317 e.